The molecule has 1 saturated carbocycles. The molecule has 2 nitrogen and oxygen atoms in total. The van der Waals surface area contributed by atoms with Gasteiger partial charge in [-0.05, 0) is 38.3 Å². The van der Waals surface area contributed by atoms with Gasteiger partial charge in [-0.3, -0.25) is 0 Å². The number of hydrogen-bond donors (Lipinski definition) is 1. The lowest BCUT2D eigenvalue weighted by atomic mass is 9.82. The highest BCUT2D eigenvalue weighted by Crippen LogP contribution is 2.52. The van der Waals surface area contributed by atoms with Gasteiger partial charge in [-0.1, -0.05) is 13.0 Å². The van der Waals surface area contributed by atoms with Crippen LogP contribution in [-0.4, -0.2) is 12.6 Å². The molecule has 0 spiro atoms. The molecule has 2 atom stereocenters. The van der Waals surface area contributed by atoms with Crippen molar-refractivity contribution in [3.63, 3.8) is 0 Å². The molecule has 0 amide bonds. The Morgan fingerprint density at radius 1 is 1.44 bits per heavy atom. The van der Waals surface area contributed by atoms with Gasteiger partial charge in [-0.15, -0.1) is 0 Å². The maximum atomic E-state index is 13.4. The van der Waals surface area contributed by atoms with Crippen molar-refractivity contribution >= 4 is 0 Å². The summed E-state index contributed by atoms with van der Waals surface area (Å²) in [5, 5.41) is 3.35. The van der Waals surface area contributed by atoms with Crippen molar-refractivity contribution in [1.82, 2.24) is 5.32 Å². The Balaban J connectivity index is 2.01. The molecule has 1 aliphatic heterocycles. The van der Waals surface area contributed by atoms with Gasteiger partial charge < -0.3 is 10.1 Å². The summed E-state index contributed by atoms with van der Waals surface area (Å²) in [5.41, 5.74) is 0.998. The van der Waals surface area contributed by atoms with Crippen LogP contribution in [0.1, 0.15) is 44.2 Å². The first-order valence-electron chi connectivity index (χ1n) is 6.84. The minimum absolute atomic E-state index is 0.0888. The normalized spacial score (nSPS) is 30.7. The van der Waals surface area contributed by atoms with Crippen LogP contribution >= 0.6 is 0 Å². The summed E-state index contributed by atoms with van der Waals surface area (Å²) in [6.45, 7) is 2.18. The van der Waals surface area contributed by atoms with Gasteiger partial charge in [0.05, 0.1) is 0 Å². The van der Waals surface area contributed by atoms with Gasteiger partial charge in [0.2, 0.25) is 0 Å². The Bertz CT molecular complexity index is 458. The number of fused-ring (bicyclic) bond motifs is 1. The third kappa shape index (κ3) is 1.81. The van der Waals surface area contributed by atoms with Crippen LogP contribution in [0.2, 0.25) is 0 Å². The van der Waals surface area contributed by atoms with Gasteiger partial charge in [0.25, 0.3) is 0 Å². The van der Waals surface area contributed by atoms with Crippen molar-refractivity contribution in [2.45, 2.75) is 44.2 Å². The summed E-state index contributed by atoms with van der Waals surface area (Å²) in [4.78, 5) is 0. The van der Waals surface area contributed by atoms with Gasteiger partial charge in [-0.2, -0.15) is 0 Å². The summed E-state index contributed by atoms with van der Waals surface area (Å²) in [6.07, 6.45) is 4.47. The maximum Gasteiger partial charge on any atom is 0.127 e. The molecule has 1 N–H and O–H groups in total. The van der Waals surface area contributed by atoms with E-state index >= 15 is 0 Å². The van der Waals surface area contributed by atoms with Crippen LogP contribution in [0, 0.1) is 11.7 Å². The minimum atomic E-state index is -0.216. The molecule has 2 unspecified atom stereocenters. The van der Waals surface area contributed by atoms with Gasteiger partial charge >= 0.3 is 0 Å². The van der Waals surface area contributed by atoms with Crippen LogP contribution in [0.25, 0.3) is 0 Å². The van der Waals surface area contributed by atoms with Crippen LogP contribution in [0.15, 0.2) is 18.2 Å². The number of nitrogens with one attached hydrogen (secondary N) is 1. The molecule has 18 heavy (non-hydrogen) atoms. The van der Waals surface area contributed by atoms with Crippen LogP contribution in [0.4, 0.5) is 4.39 Å². The predicted octanol–water partition coefficient (Wildman–Crippen LogP) is 3.43. The second-order valence-corrected chi connectivity index (χ2v) is 5.52. The Hall–Kier alpha value is -1.09. The molecule has 1 aromatic rings. The van der Waals surface area contributed by atoms with E-state index in [4.69, 9.17) is 4.74 Å². The Morgan fingerprint density at radius 2 is 2.22 bits per heavy atom. The molecule has 1 fully saturated rings. The molecule has 0 bridgehead atoms. The minimum Gasteiger partial charge on any atom is -0.486 e. The molecule has 3 rings (SSSR count). The maximum absolute atomic E-state index is 13.4. The molecule has 1 heterocycles. The fraction of sp³-hybridized carbons (Fsp3) is 0.600. The predicted molar refractivity (Wildman–Crippen MR) is 69.2 cm³/mol. The summed E-state index contributed by atoms with van der Waals surface area (Å²) >= 11 is 0. The number of benzene rings is 1. The van der Waals surface area contributed by atoms with E-state index in [0.29, 0.717) is 5.92 Å². The molecule has 1 aromatic carbocycles. The zero-order valence-corrected chi connectivity index (χ0v) is 11.0. The van der Waals surface area contributed by atoms with E-state index in [1.54, 1.807) is 0 Å². The Labute approximate surface area is 108 Å². The molecule has 1 aliphatic carbocycles. The first-order valence-corrected chi connectivity index (χ1v) is 6.84. The highest BCUT2D eigenvalue weighted by atomic mass is 19.1. The first-order chi connectivity index (χ1) is 8.68. The topological polar surface area (TPSA) is 21.3 Å². The Morgan fingerprint density at radius 3 is 2.83 bits per heavy atom. The lowest BCUT2D eigenvalue weighted by molar-refractivity contribution is 0.00637. The lowest BCUT2D eigenvalue weighted by Gasteiger charge is -2.42. The van der Waals surface area contributed by atoms with Gasteiger partial charge in [0, 0.05) is 24.1 Å². The highest BCUT2D eigenvalue weighted by Gasteiger charge is 2.49. The number of halogens is 1. The van der Waals surface area contributed by atoms with Crippen molar-refractivity contribution in [3.8, 4) is 5.75 Å². The summed E-state index contributed by atoms with van der Waals surface area (Å²) < 4.78 is 19.6. The van der Waals surface area contributed by atoms with E-state index in [2.05, 4.69) is 12.2 Å². The van der Waals surface area contributed by atoms with E-state index in [-0.39, 0.29) is 17.5 Å². The molecule has 98 valence electrons. The quantitative estimate of drug-likeness (QED) is 0.886. The lowest BCUT2D eigenvalue weighted by Crippen LogP contribution is -2.45. The fourth-order valence-corrected chi connectivity index (χ4v) is 3.22. The van der Waals surface area contributed by atoms with E-state index < -0.39 is 0 Å². The number of ether oxygens (including phenoxy) is 1. The Kier molecular flexibility index (Phi) is 2.81. The smallest absolute Gasteiger partial charge is 0.127 e. The molecular formula is C15H20FNO. The average molecular weight is 249 g/mol. The summed E-state index contributed by atoms with van der Waals surface area (Å²) in [5.74, 6) is 1.16. The van der Waals surface area contributed by atoms with E-state index in [9.17, 15) is 4.39 Å². The molecule has 0 radical (unpaired) electrons. The van der Waals surface area contributed by atoms with Crippen LogP contribution in [0.5, 0.6) is 5.75 Å². The molecule has 2 aliphatic rings. The molecule has 0 saturated heterocycles. The molecule has 3 heteroatoms. The van der Waals surface area contributed by atoms with Crippen LogP contribution < -0.4 is 10.1 Å². The number of hydrogen-bond acceptors (Lipinski definition) is 2. The van der Waals surface area contributed by atoms with Crippen molar-refractivity contribution in [1.29, 1.82) is 0 Å². The van der Waals surface area contributed by atoms with E-state index in [1.165, 1.54) is 25.0 Å². The van der Waals surface area contributed by atoms with Gasteiger partial charge in [0.15, 0.2) is 0 Å². The van der Waals surface area contributed by atoms with Gasteiger partial charge in [-0.25, -0.2) is 4.39 Å². The van der Waals surface area contributed by atoms with Crippen molar-refractivity contribution < 1.29 is 9.13 Å². The van der Waals surface area contributed by atoms with Crippen molar-refractivity contribution in [2.75, 3.05) is 7.05 Å². The van der Waals surface area contributed by atoms with Crippen molar-refractivity contribution in [2.24, 2.45) is 5.92 Å². The monoisotopic (exact) mass is 249 g/mol. The van der Waals surface area contributed by atoms with E-state index in [1.807, 2.05) is 13.1 Å². The zero-order valence-electron chi connectivity index (χ0n) is 11.0. The van der Waals surface area contributed by atoms with Crippen LogP contribution in [0.3, 0.4) is 0 Å². The zero-order chi connectivity index (χ0) is 12.8. The van der Waals surface area contributed by atoms with E-state index in [0.717, 1.165) is 24.2 Å². The standard InChI is InChI=1S/C15H20FNO/c1-3-15(10-4-5-10)9-13(17-2)12-7-6-11(16)8-14(12)18-15/h6-8,10,13,17H,3-5,9H2,1-2H3. The van der Waals surface area contributed by atoms with Gasteiger partial charge in [0.1, 0.15) is 17.2 Å². The summed E-state index contributed by atoms with van der Waals surface area (Å²) in [6, 6.07) is 5.17. The van der Waals surface area contributed by atoms with Crippen LogP contribution in [-0.2, 0) is 0 Å². The molecular weight excluding hydrogens is 229 g/mol. The second-order valence-electron chi connectivity index (χ2n) is 5.52. The largest absolute Gasteiger partial charge is 0.486 e. The second kappa shape index (κ2) is 4.23. The van der Waals surface area contributed by atoms with Crippen molar-refractivity contribution in [3.05, 3.63) is 29.6 Å². The SMILES string of the molecule is CCC1(C2CC2)CC(NC)c2ccc(F)cc2O1. The third-order valence-corrected chi connectivity index (χ3v) is 4.48. The number of rotatable bonds is 3. The highest BCUT2D eigenvalue weighted by molar-refractivity contribution is 5.40. The molecule has 0 aromatic heterocycles. The fourth-order valence-electron chi connectivity index (χ4n) is 3.22. The average Bonchev–Trinajstić information content (AvgIpc) is 3.21. The first kappa shape index (κ1) is 12.0. The summed E-state index contributed by atoms with van der Waals surface area (Å²) in [7, 11) is 1.97. The third-order valence-electron chi connectivity index (χ3n) is 4.48.